The molecule has 48 heavy (non-hydrogen) atoms. The van der Waals surface area contributed by atoms with E-state index in [4.69, 9.17) is 17.2 Å². The maximum Gasteiger partial charge on any atom is 0.326 e. The summed E-state index contributed by atoms with van der Waals surface area (Å²) in [6.07, 6.45) is -1.56. The largest absolute Gasteiger partial charge is 0.481 e. The van der Waals surface area contributed by atoms with Crippen LogP contribution < -0.4 is 43.8 Å². The first-order chi connectivity index (χ1) is 22.2. The predicted octanol–water partition coefficient (Wildman–Crippen LogP) is -3.45. The third kappa shape index (κ3) is 16.5. The van der Waals surface area contributed by atoms with Gasteiger partial charge < -0.3 is 59.1 Å². The van der Waals surface area contributed by atoms with E-state index in [1.807, 2.05) is 0 Å². The molecule has 0 aromatic carbocycles. The Balaban J connectivity index is 5.80. The molecule has 0 heterocycles. The summed E-state index contributed by atoms with van der Waals surface area (Å²) < 4.78 is 0. The van der Waals surface area contributed by atoms with Gasteiger partial charge in [-0.3, -0.25) is 38.6 Å². The number of carboxylic acid groups (broad SMARTS) is 3. The Morgan fingerprint density at radius 3 is 1.62 bits per heavy atom. The smallest absolute Gasteiger partial charge is 0.326 e. The molecule has 14 N–H and O–H groups in total. The van der Waals surface area contributed by atoms with E-state index in [1.54, 1.807) is 27.7 Å². The second-order valence-electron chi connectivity index (χ2n) is 11.7. The average Bonchev–Trinajstić information content (AvgIpc) is 2.96. The van der Waals surface area contributed by atoms with Crippen LogP contribution in [-0.2, 0) is 38.4 Å². The normalized spacial score (nSPS) is 14.7. The summed E-state index contributed by atoms with van der Waals surface area (Å²) in [5.41, 5.74) is 16.3. The lowest BCUT2D eigenvalue weighted by Gasteiger charge is -2.28. The molecule has 0 spiro atoms. The van der Waals surface area contributed by atoms with Crippen LogP contribution in [0.3, 0.4) is 0 Å². The lowest BCUT2D eigenvalue weighted by molar-refractivity contribution is -0.144. The maximum absolute atomic E-state index is 13.3. The van der Waals surface area contributed by atoms with Crippen molar-refractivity contribution in [1.29, 1.82) is 0 Å². The van der Waals surface area contributed by atoms with E-state index >= 15 is 0 Å². The van der Waals surface area contributed by atoms with E-state index < -0.39 is 115 Å². The fraction of sp³-hybridized carbons (Fsp3) is 0.679. The highest BCUT2D eigenvalue weighted by Crippen LogP contribution is 2.09. The standard InChI is InChI=1S/C28H49N9O11/c1-12(2)20(26(46)37-21(13(3)4)27(47)48)36-24(44)16(8-9-18(38)39)34-25(45)17(11-19(40)41)35-22(42)14(5)33-23(43)15(29)7-6-10-32-28(30)31/h12-17,20-21H,6-11,29H2,1-5H3,(H,33,43)(H,34,45)(H,35,42)(H,36,44)(H,37,46)(H,38,39)(H,40,41)(H,47,48)(H4,30,31,32)/t14-,15-,16-,17-,20-,21-/m0/s1. The van der Waals surface area contributed by atoms with E-state index in [2.05, 4.69) is 31.6 Å². The van der Waals surface area contributed by atoms with Gasteiger partial charge in [0.2, 0.25) is 29.5 Å². The number of nitrogens with two attached hydrogens (primary N) is 3. The average molecular weight is 688 g/mol. The minimum absolute atomic E-state index is 0.132. The van der Waals surface area contributed by atoms with Crippen LogP contribution in [0.15, 0.2) is 4.99 Å². The molecule has 0 radical (unpaired) electrons. The molecule has 0 rings (SSSR count). The quantitative estimate of drug-likeness (QED) is 0.0300. The number of hydrogen-bond acceptors (Lipinski definition) is 10. The van der Waals surface area contributed by atoms with Crippen molar-refractivity contribution in [2.24, 2.45) is 34.0 Å². The first-order valence-electron chi connectivity index (χ1n) is 15.2. The molecule has 0 saturated carbocycles. The molecule has 0 saturated heterocycles. The van der Waals surface area contributed by atoms with E-state index in [0.29, 0.717) is 6.42 Å². The first kappa shape index (κ1) is 43.0. The number of nitrogens with one attached hydrogen (secondary N) is 5. The van der Waals surface area contributed by atoms with Crippen LogP contribution in [-0.4, -0.2) is 112 Å². The monoisotopic (exact) mass is 687 g/mol. The van der Waals surface area contributed by atoms with Crippen molar-refractivity contribution in [3.63, 3.8) is 0 Å². The first-order valence-corrected chi connectivity index (χ1v) is 15.2. The van der Waals surface area contributed by atoms with E-state index in [1.165, 1.54) is 6.92 Å². The van der Waals surface area contributed by atoms with Gasteiger partial charge in [-0.2, -0.15) is 0 Å². The van der Waals surface area contributed by atoms with Crippen molar-refractivity contribution in [2.75, 3.05) is 6.54 Å². The number of guanidine groups is 1. The summed E-state index contributed by atoms with van der Waals surface area (Å²) in [5.74, 6) is -10.1. The third-order valence-corrected chi connectivity index (χ3v) is 6.83. The number of aliphatic imine (C=N–C) groups is 1. The van der Waals surface area contributed by atoms with Crippen molar-refractivity contribution in [3.8, 4) is 0 Å². The Kier molecular flexibility index (Phi) is 18.8. The Labute approximate surface area is 277 Å². The Morgan fingerprint density at radius 1 is 0.625 bits per heavy atom. The summed E-state index contributed by atoms with van der Waals surface area (Å²) in [4.78, 5) is 103. The fourth-order valence-corrected chi connectivity index (χ4v) is 4.07. The molecule has 0 aromatic heterocycles. The number of carbonyl (C=O) groups excluding carboxylic acids is 5. The molecule has 0 aliphatic rings. The lowest BCUT2D eigenvalue weighted by atomic mass is 9.99. The number of aliphatic carboxylic acids is 3. The van der Waals surface area contributed by atoms with Crippen LogP contribution in [0.4, 0.5) is 0 Å². The number of carboxylic acids is 3. The van der Waals surface area contributed by atoms with Crippen LogP contribution in [0.25, 0.3) is 0 Å². The molecule has 0 unspecified atom stereocenters. The van der Waals surface area contributed by atoms with Crippen LogP contribution >= 0.6 is 0 Å². The number of rotatable bonds is 22. The zero-order valence-electron chi connectivity index (χ0n) is 27.6. The SMILES string of the molecule is CC(C)[C@H](NC(=O)[C@@H](NC(=O)[C@H](CCC(=O)O)NC(=O)[C@H](CC(=O)O)NC(=O)[C@H](C)NC(=O)[C@@H](N)CCCN=C(N)N)C(C)C)C(=O)O. The molecule has 272 valence electrons. The van der Waals surface area contributed by atoms with E-state index in [9.17, 15) is 53.7 Å². The summed E-state index contributed by atoms with van der Waals surface area (Å²) in [6, 6.07) is -8.32. The van der Waals surface area contributed by atoms with Gasteiger partial charge in [-0.05, 0) is 38.0 Å². The fourth-order valence-electron chi connectivity index (χ4n) is 4.07. The Bertz CT molecular complexity index is 1210. The van der Waals surface area contributed by atoms with Gasteiger partial charge in [0.1, 0.15) is 30.2 Å². The van der Waals surface area contributed by atoms with Gasteiger partial charge in [0.15, 0.2) is 5.96 Å². The van der Waals surface area contributed by atoms with Crippen LogP contribution in [0, 0.1) is 11.8 Å². The van der Waals surface area contributed by atoms with Gasteiger partial charge in [0, 0.05) is 13.0 Å². The van der Waals surface area contributed by atoms with Crippen molar-refractivity contribution in [1.82, 2.24) is 26.6 Å². The topological polar surface area (TPSA) is 348 Å². The van der Waals surface area contributed by atoms with Gasteiger partial charge in [0.25, 0.3) is 0 Å². The lowest BCUT2D eigenvalue weighted by Crippen LogP contribution is -2.60. The zero-order valence-corrected chi connectivity index (χ0v) is 27.6. The minimum atomic E-state index is -1.78. The molecule has 0 aromatic rings. The van der Waals surface area contributed by atoms with Gasteiger partial charge in [-0.15, -0.1) is 0 Å². The molecule has 20 nitrogen and oxygen atoms in total. The van der Waals surface area contributed by atoms with Gasteiger partial charge >= 0.3 is 17.9 Å². The molecule has 0 aliphatic carbocycles. The van der Waals surface area contributed by atoms with E-state index in [0.717, 1.165) is 0 Å². The molecule has 5 amide bonds. The summed E-state index contributed by atoms with van der Waals surface area (Å²) >= 11 is 0. The summed E-state index contributed by atoms with van der Waals surface area (Å²) in [7, 11) is 0. The zero-order chi connectivity index (χ0) is 37.3. The van der Waals surface area contributed by atoms with Crippen molar-refractivity contribution in [2.45, 2.75) is 103 Å². The Hall–Kier alpha value is -5.01. The van der Waals surface area contributed by atoms with Gasteiger partial charge in [-0.1, -0.05) is 27.7 Å². The highest BCUT2D eigenvalue weighted by molar-refractivity contribution is 5.97. The van der Waals surface area contributed by atoms with Crippen LogP contribution in [0.2, 0.25) is 0 Å². The molecule has 0 aliphatic heterocycles. The summed E-state index contributed by atoms with van der Waals surface area (Å²) in [6.45, 7) is 7.70. The molecular formula is C28H49N9O11. The number of hydrogen-bond donors (Lipinski definition) is 11. The molecule has 0 bridgehead atoms. The van der Waals surface area contributed by atoms with Crippen LogP contribution in [0.5, 0.6) is 0 Å². The van der Waals surface area contributed by atoms with Crippen molar-refractivity contribution < 1.29 is 53.7 Å². The molecular weight excluding hydrogens is 638 g/mol. The Morgan fingerprint density at radius 2 is 1.15 bits per heavy atom. The number of carbonyl (C=O) groups is 8. The summed E-state index contributed by atoms with van der Waals surface area (Å²) in [5, 5.41) is 39.5. The minimum Gasteiger partial charge on any atom is -0.481 e. The highest BCUT2D eigenvalue weighted by atomic mass is 16.4. The number of amides is 5. The third-order valence-electron chi connectivity index (χ3n) is 6.83. The maximum atomic E-state index is 13.3. The van der Waals surface area contributed by atoms with Gasteiger partial charge in [-0.25, -0.2) is 4.79 Å². The van der Waals surface area contributed by atoms with E-state index in [-0.39, 0.29) is 18.9 Å². The van der Waals surface area contributed by atoms with Crippen molar-refractivity contribution >= 4 is 53.4 Å². The van der Waals surface area contributed by atoms with Crippen LogP contribution in [0.1, 0.15) is 66.7 Å². The second kappa shape index (κ2) is 21.0. The van der Waals surface area contributed by atoms with Crippen molar-refractivity contribution in [3.05, 3.63) is 0 Å². The highest BCUT2D eigenvalue weighted by Gasteiger charge is 2.34. The van der Waals surface area contributed by atoms with Gasteiger partial charge in [0.05, 0.1) is 12.5 Å². The number of nitrogens with zero attached hydrogens (tertiary/aromatic N) is 1. The molecule has 6 atom stereocenters. The predicted molar refractivity (Wildman–Crippen MR) is 170 cm³/mol. The second-order valence-corrected chi connectivity index (χ2v) is 11.7. The molecule has 0 fully saturated rings. The molecule has 20 heteroatoms.